The van der Waals surface area contributed by atoms with Crippen LogP contribution in [-0.4, -0.2) is 83.4 Å². The van der Waals surface area contributed by atoms with Gasteiger partial charge in [0.15, 0.2) is 0 Å². The van der Waals surface area contributed by atoms with Gasteiger partial charge in [0.05, 0.1) is 39.6 Å². The highest BCUT2D eigenvalue weighted by Gasteiger charge is 2.13. The molecule has 2 aromatic carbocycles. The quantitative estimate of drug-likeness (QED) is 0.212. The van der Waals surface area contributed by atoms with E-state index in [1.807, 2.05) is 37.3 Å². The molecule has 0 aromatic heterocycles. The molecule has 10 heteroatoms. The van der Waals surface area contributed by atoms with Crippen LogP contribution in [0.2, 0.25) is 0 Å². The standard InChI is InChI=1S/C31H46N4O5S/c1-25-22-28(35-13-3-2-4-14-35)8-9-29(25)34-31(37)27-7-5-6-26(23-27)24-41-21-10-30(36)33-12-16-39-18-20-40-19-17-38-15-11-32/h5-9,22-23H,2-4,10-21,24,32H2,1H3,(H,33,36)(H,34,37). The summed E-state index contributed by atoms with van der Waals surface area (Å²) in [6, 6.07) is 13.9. The maximum absolute atomic E-state index is 13.0. The monoisotopic (exact) mass is 586 g/mol. The molecule has 3 rings (SSSR count). The first kappa shape index (κ1) is 32.9. The highest BCUT2D eigenvalue weighted by atomic mass is 32.2. The third-order valence-corrected chi connectivity index (χ3v) is 7.72. The number of aryl methyl sites for hydroxylation is 1. The van der Waals surface area contributed by atoms with Gasteiger partial charge in [0.2, 0.25) is 5.91 Å². The second-order valence-electron chi connectivity index (χ2n) is 9.98. The van der Waals surface area contributed by atoms with Crippen LogP contribution in [0.4, 0.5) is 11.4 Å². The van der Waals surface area contributed by atoms with E-state index < -0.39 is 0 Å². The molecule has 0 atom stereocenters. The first-order valence-electron chi connectivity index (χ1n) is 14.6. The first-order valence-corrected chi connectivity index (χ1v) is 15.8. The van der Waals surface area contributed by atoms with Gasteiger partial charge in [-0.05, 0) is 67.6 Å². The second-order valence-corrected chi connectivity index (χ2v) is 11.1. The molecule has 1 aliphatic rings. The molecule has 0 bridgehead atoms. The largest absolute Gasteiger partial charge is 0.378 e. The molecule has 1 saturated heterocycles. The van der Waals surface area contributed by atoms with Crippen molar-refractivity contribution >= 4 is 35.0 Å². The van der Waals surface area contributed by atoms with Gasteiger partial charge < -0.3 is 35.5 Å². The zero-order valence-electron chi connectivity index (χ0n) is 24.3. The van der Waals surface area contributed by atoms with Gasteiger partial charge in [-0.3, -0.25) is 9.59 Å². The molecule has 0 saturated carbocycles. The number of nitrogens with one attached hydrogen (secondary N) is 2. The minimum Gasteiger partial charge on any atom is -0.378 e. The van der Waals surface area contributed by atoms with E-state index in [9.17, 15) is 9.59 Å². The summed E-state index contributed by atoms with van der Waals surface area (Å²) in [4.78, 5) is 27.5. The van der Waals surface area contributed by atoms with Gasteiger partial charge in [-0.25, -0.2) is 0 Å². The van der Waals surface area contributed by atoms with Crippen molar-refractivity contribution in [3.05, 3.63) is 59.2 Å². The lowest BCUT2D eigenvalue weighted by atomic mass is 10.1. The Morgan fingerprint density at radius 2 is 1.66 bits per heavy atom. The number of carbonyl (C=O) groups excluding carboxylic acids is 2. The van der Waals surface area contributed by atoms with Crippen LogP contribution >= 0.6 is 11.8 Å². The summed E-state index contributed by atoms with van der Waals surface area (Å²) in [5.74, 6) is 1.32. The average molecular weight is 587 g/mol. The fourth-order valence-electron chi connectivity index (χ4n) is 4.46. The Morgan fingerprint density at radius 1 is 0.927 bits per heavy atom. The van der Waals surface area contributed by atoms with Crippen molar-refractivity contribution in [2.45, 2.75) is 38.4 Å². The van der Waals surface area contributed by atoms with Gasteiger partial charge in [0.1, 0.15) is 0 Å². The van der Waals surface area contributed by atoms with Crippen LogP contribution < -0.4 is 21.3 Å². The maximum Gasteiger partial charge on any atom is 0.255 e. The Bertz CT molecular complexity index is 1060. The fraction of sp³-hybridized carbons (Fsp3) is 0.548. The summed E-state index contributed by atoms with van der Waals surface area (Å²) in [6.07, 6.45) is 4.21. The number of piperidine rings is 1. The van der Waals surface area contributed by atoms with Crippen LogP contribution in [0.3, 0.4) is 0 Å². The fourth-order valence-corrected chi connectivity index (χ4v) is 5.35. The molecule has 0 aliphatic carbocycles. The summed E-state index contributed by atoms with van der Waals surface area (Å²) in [5, 5.41) is 5.95. The molecule has 0 radical (unpaired) electrons. The van der Waals surface area contributed by atoms with Crippen LogP contribution in [0.5, 0.6) is 0 Å². The number of ether oxygens (including phenoxy) is 3. The second kappa shape index (κ2) is 19.5. The van der Waals surface area contributed by atoms with Crippen LogP contribution in [0.15, 0.2) is 42.5 Å². The van der Waals surface area contributed by atoms with E-state index in [2.05, 4.69) is 27.7 Å². The number of hydrogen-bond donors (Lipinski definition) is 3. The molecule has 4 N–H and O–H groups in total. The summed E-state index contributed by atoms with van der Waals surface area (Å²) < 4.78 is 16.1. The molecule has 0 spiro atoms. The number of hydrogen-bond acceptors (Lipinski definition) is 8. The van der Waals surface area contributed by atoms with E-state index in [-0.39, 0.29) is 11.8 Å². The third kappa shape index (κ3) is 12.8. The van der Waals surface area contributed by atoms with E-state index in [0.717, 1.165) is 35.7 Å². The Labute approximate surface area is 248 Å². The lowest BCUT2D eigenvalue weighted by Crippen LogP contribution is -2.29. The molecule has 41 heavy (non-hydrogen) atoms. The van der Waals surface area contributed by atoms with Crippen molar-refractivity contribution < 1.29 is 23.8 Å². The number of rotatable bonds is 19. The minimum atomic E-state index is -0.115. The number of nitrogens with two attached hydrogens (primary N) is 1. The predicted molar refractivity (Wildman–Crippen MR) is 167 cm³/mol. The van der Waals surface area contributed by atoms with Crippen LogP contribution in [0, 0.1) is 6.92 Å². The minimum absolute atomic E-state index is 0.00389. The molecule has 1 aliphatic heterocycles. The molecule has 2 amide bonds. The average Bonchev–Trinajstić information content (AvgIpc) is 2.99. The van der Waals surface area contributed by atoms with Crippen molar-refractivity contribution in [1.82, 2.24) is 5.32 Å². The van der Waals surface area contributed by atoms with Gasteiger partial charge in [-0.15, -0.1) is 0 Å². The molecular formula is C31H46N4O5S. The van der Waals surface area contributed by atoms with E-state index in [4.69, 9.17) is 19.9 Å². The topological polar surface area (TPSA) is 115 Å². The maximum atomic E-state index is 13.0. The van der Waals surface area contributed by atoms with Gasteiger partial charge in [-0.2, -0.15) is 11.8 Å². The number of thioether (sulfide) groups is 1. The van der Waals surface area contributed by atoms with Crippen molar-refractivity contribution in [2.24, 2.45) is 5.73 Å². The highest BCUT2D eigenvalue weighted by molar-refractivity contribution is 7.98. The highest BCUT2D eigenvalue weighted by Crippen LogP contribution is 2.26. The number of carbonyl (C=O) groups is 2. The van der Waals surface area contributed by atoms with E-state index in [1.54, 1.807) is 11.8 Å². The number of amides is 2. The van der Waals surface area contributed by atoms with Crippen LogP contribution in [0.25, 0.3) is 0 Å². The molecule has 0 unspecified atom stereocenters. The molecule has 1 heterocycles. The van der Waals surface area contributed by atoms with Gasteiger partial charge >= 0.3 is 0 Å². The number of benzene rings is 2. The van der Waals surface area contributed by atoms with E-state index in [1.165, 1.54) is 24.9 Å². The first-order chi connectivity index (χ1) is 20.1. The zero-order chi connectivity index (χ0) is 29.1. The Morgan fingerprint density at radius 3 is 2.39 bits per heavy atom. The Hall–Kier alpha value is -2.63. The zero-order valence-corrected chi connectivity index (χ0v) is 25.1. The van der Waals surface area contributed by atoms with E-state index in [0.29, 0.717) is 70.5 Å². The van der Waals surface area contributed by atoms with Crippen molar-refractivity contribution in [2.75, 3.05) is 81.8 Å². The summed E-state index contributed by atoms with van der Waals surface area (Å²) >= 11 is 1.67. The number of anilines is 2. The van der Waals surface area contributed by atoms with Crippen molar-refractivity contribution in [3.8, 4) is 0 Å². The molecular weight excluding hydrogens is 540 g/mol. The summed E-state index contributed by atoms with van der Waals surface area (Å²) in [5.41, 5.74) is 10.2. The molecule has 2 aromatic rings. The van der Waals surface area contributed by atoms with Gasteiger partial charge in [-0.1, -0.05) is 12.1 Å². The lowest BCUT2D eigenvalue weighted by Gasteiger charge is -2.29. The third-order valence-electron chi connectivity index (χ3n) is 6.69. The summed E-state index contributed by atoms with van der Waals surface area (Å²) in [7, 11) is 0. The Balaban J connectivity index is 1.28. The predicted octanol–water partition coefficient (Wildman–Crippen LogP) is 3.99. The van der Waals surface area contributed by atoms with E-state index >= 15 is 0 Å². The van der Waals surface area contributed by atoms with Crippen molar-refractivity contribution in [3.63, 3.8) is 0 Å². The Kier molecular flexibility index (Phi) is 15.6. The van der Waals surface area contributed by atoms with Crippen molar-refractivity contribution in [1.29, 1.82) is 0 Å². The normalized spacial score (nSPS) is 13.3. The lowest BCUT2D eigenvalue weighted by molar-refractivity contribution is -0.120. The summed E-state index contributed by atoms with van der Waals surface area (Å²) in [6.45, 7) is 8.22. The number of nitrogens with zero attached hydrogens (tertiary/aromatic N) is 1. The smallest absolute Gasteiger partial charge is 0.255 e. The van der Waals surface area contributed by atoms with Gasteiger partial charge in [0, 0.05) is 61.0 Å². The molecule has 226 valence electrons. The molecule has 1 fully saturated rings. The van der Waals surface area contributed by atoms with Crippen LogP contribution in [0.1, 0.15) is 47.2 Å². The van der Waals surface area contributed by atoms with Crippen LogP contribution in [-0.2, 0) is 24.8 Å². The SMILES string of the molecule is Cc1cc(N2CCCCC2)ccc1NC(=O)c1cccc(CSCCC(=O)NCCOCCOCCOCCN)c1. The molecule has 9 nitrogen and oxygen atoms in total. The van der Waals surface area contributed by atoms with Gasteiger partial charge in [0.25, 0.3) is 5.91 Å².